The van der Waals surface area contributed by atoms with Gasteiger partial charge in [-0.25, -0.2) is 4.99 Å². The fourth-order valence-electron chi connectivity index (χ4n) is 3.48. The van der Waals surface area contributed by atoms with Gasteiger partial charge in [0.1, 0.15) is 11.5 Å². The minimum absolute atomic E-state index is 0.390. The van der Waals surface area contributed by atoms with E-state index in [1.807, 2.05) is 60.7 Å². The Labute approximate surface area is 157 Å². The molecule has 0 N–H and O–H groups in total. The van der Waals surface area contributed by atoms with Crippen LogP contribution in [0.5, 0.6) is 5.75 Å². The molecule has 1 unspecified atom stereocenters. The van der Waals surface area contributed by atoms with Crippen molar-refractivity contribution in [1.82, 2.24) is 4.98 Å². The molecule has 2 heterocycles. The van der Waals surface area contributed by atoms with Crippen LogP contribution in [0, 0.1) is 0 Å². The first-order valence-corrected chi connectivity index (χ1v) is 8.58. The molecule has 3 aromatic rings. The van der Waals surface area contributed by atoms with Gasteiger partial charge in [-0.3, -0.25) is 9.78 Å². The van der Waals surface area contributed by atoms with Gasteiger partial charge in [-0.1, -0.05) is 42.5 Å². The largest absolute Gasteiger partial charge is 0.497 e. The predicted molar refractivity (Wildman–Crippen MR) is 102 cm³/mol. The van der Waals surface area contributed by atoms with Crippen LogP contribution < -0.4 is 4.74 Å². The summed E-state index contributed by atoms with van der Waals surface area (Å²) in [5.74, 6) is 0.313. The molecule has 1 aliphatic rings. The van der Waals surface area contributed by atoms with Gasteiger partial charge in [-0.15, -0.1) is 0 Å². The van der Waals surface area contributed by atoms with Crippen LogP contribution in [0.3, 0.4) is 0 Å². The van der Waals surface area contributed by atoms with Crippen LogP contribution in [0.25, 0.3) is 0 Å². The summed E-state index contributed by atoms with van der Waals surface area (Å²) in [5.41, 5.74) is 2.60. The Bertz CT molecular complexity index is 1030. The van der Waals surface area contributed by atoms with Crippen LogP contribution in [0.15, 0.2) is 78.0 Å². The second-order valence-electron chi connectivity index (χ2n) is 6.23. The average molecular weight is 358 g/mol. The van der Waals surface area contributed by atoms with Crippen LogP contribution in [0.2, 0.25) is 0 Å². The maximum absolute atomic E-state index is 12.2. The number of methoxy groups -OCH3 is 1. The monoisotopic (exact) mass is 358 g/mol. The number of aliphatic imine (C=N–C) groups is 1. The normalized spacial score (nSPS) is 17.8. The summed E-state index contributed by atoms with van der Waals surface area (Å²) >= 11 is 0. The minimum atomic E-state index is -1.14. The molecule has 2 aromatic carbocycles. The molecule has 0 radical (unpaired) electrons. The molecular weight excluding hydrogens is 340 g/mol. The summed E-state index contributed by atoms with van der Waals surface area (Å²) in [5, 5.41) is 0. The van der Waals surface area contributed by atoms with Crippen LogP contribution in [0.1, 0.15) is 23.6 Å². The van der Waals surface area contributed by atoms with Crippen molar-refractivity contribution in [2.45, 2.75) is 12.5 Å². The van der Waals surface area contributed by atoms with Gasteiger partial charge in [0.2, 0.25) is 5.60 Å². The second kappa shape index (κ2) is 6.68. The van der Waals surface area contributed by atoms with E-state index in [1.54, 1.807) is 19.5 Å². The summed E-state index contributed by atoms with van der Waals surface area (Å²) in [4.78, 5) is 21.2. The molecule has 5 nitrogen and oxygen atoms in total. The van der Waals surface area contributed by atoms with E-state index in [1.165, 1.54) is 6.92 Å². The standard InChI is InChI=1S/C22H18N2O3/c1-15(25)27-22(17-8-4-3-5-9-17)19-11-12-23-14-20(19)24-21(22)16-7-6-10-18(13-16)26-2/h3-14H,1-2H3. The first-order chi connectivity index (χ1) is 13.1. The first-order valence-electron chi connectivity index (χ1n) is 8.58. The molecule has 0 saturated heterocycles. The van der Waals surface area contributed by atoms with Gasteiger partial charge in [0.15, 0.2) is 0 Å². The van der Waals surface area contributed by atoms with E-state index in [0.29, 0.717) is 17.1 Å². The maximum Gasteiger partial charge on any atom is 0.304 e. The molecule has 0 aliphatic carbocycles. The zero-order chi connectivity index (χ0) is 18.9. The van der Waals surface area contributed by atoms with Crippen molar-refractivity contribution in [1.29, 1.82) is 0 Å². The number of rotatable bonds is 4. The van der Waals surface area contributed by atoms with Crippen molar-refractivity contribution in [2.75, 3.05) is 7.11 Å². The SMILES string of the molecule is COc1cccc(C2=Nc3cnccc3C2(OC(C)=O)c2ccccc2)c1. The van der Waals surface area contributed by atoms with E-state index in [0.717, 1.165) is 16.7 Å². The van der Waals surface area contributed by atoms with Crippen LogP contribution in [-0.2, 0) is 15.1 Å². The number of nitrogens with zero attached hydrogens (tertiary/aromatic N) is 2. The third-order valence-corrected chi connectivity index (χ3v) is 4.57. The van der Waals surface area contributed by atoms with Gasteiger partial charge in [0.25, 0.3) is 0 Å². The molecule has 0 bridgehead atoms. The van der Waals surface area contributed by atoms with E-state index in [9.17, 15) is 4.79 Å². The highest BCUT2D eigenvalue weighted by Gasteiger charge is 2.49. The Morgan fingerprint density at radius 1 is 1.04 bits per heavy atom. The molecule has 1 aromatic heterocycles. The lowest BCUT2D eigenvalue weighted by Crippen LogP contribution is -2.39. The molecule has 1 atom stereocenters. The third-order valence-electron chi connectivity index (χ3n) is 4.57. The predicted octanol–water partition coefficient (Wildman–Crippen LogP) is 4.03. The summed E-state index contributed by atoms with van der Waals surface area (Å²) in [7, 11) is 1.62. The fourth-order valence-corrected chi connectivity index (χ4v) is 3.48. The second-order valence-corrected chi connectivity index (χ2v) is 6.23. The molecule has 4 rings (SSSR count). The lowest BCUT2D eigenvalue weighted by Gasteiger charge is -2.32. The molecule has 27 heavy (non-hydrogen) atoms. The molecule has 0 fully saturated rings. The van der Waals surface area contributed by atoms with E-state index in [2.05, 4.69) is 4.98 Å². The number of carbonyl (C=O) groups is 1. The Morgan fingerprint density at radius 2 is 1.85 bits per heavy atom. The molecule has 0 spiro atoms. The van der Waals surface area contributed by atoms with Crippen molar-refractivity contribution in [3.05, 3.63) is 89.7 Å². The van der Waals surface area contributed by atoms with Crippen molar-refractivity contribution in [2.24, 2.45) is 4.99 Å². The topological polar surface area (TPSA) is 60.8 Å². The van der Waals surface area contributed by atoms with Crippen molar-refractivity contribution in [3.8, 4) is 5.75 Å². The Balaban J connectivity index is 2.02. The number of fused-ring (bicyclic) bond motifs is 1. The Morgan fingerprint density at radius 3 is 2.59 bits per heavy atom. The number of hydrogen-bond donors (Lipinski definition) is 0. The molecule has 134 valence electrons. The lowest BCUT2D eigenvalue weighted by molar-refractivity contribution is -0.148. The van der Waals surface area contributed by atoms with Crippen molar-refractivity contribution >= 4 is 17.4 Å². The van der Waals surface area contributed by atoms with E-state index in [4.69, 9.17) is 14.5 Å². The maximum atomic E-state index is 12.2. The average Bonchev–Trinajstić information content (AvgIpc) is 3.03. The molecule has 0 saturated carbocycles. The summed E-state index contributed by atoms with van der Waals surface area (Å²) in [6, 6.07) is 19.1. The summed E-state index contributed by atoms with van der Waals surface area (Å²) in [6.45, 7) is 1.41. The summed E-state index contributed by atoms with van der Waals surface area (Å²) in [6.07, 6.45) is 3.37. The number of esters is 1. The quantitative estimate of drug-likeness (QED) is 0.661. The zero-order valence-corrected chi connectivity index (χ0v) is 15.0. The number of carbonyl (C=O) groups excluding carboxylic acids is 1. The third kappa shape index (κ3) is 2.77. The summed E-state index contributed by atoms with van der Waals surface area (Å²) < 4.78 is 11.4. The van der Waals surface area contributed by atoms with E-state index in [-0.39, 0.29) is 5.97 Å². The van der Waals surface area contributed by atoms with Gasteiger partial charge in [-0.2, -0.15) is 0 Å². The van der Waals surface area contributed by atoms with Gasteiger partial charge in [0, 0.05) is 29.8 Å². The Hall–Kier alpha value is -3.47. The molecular formula is C22H18N2O3. The Kier molecular flexibility index (Phi) is 4.20. The van der Waals surface area contributed by atoms with Crippen LogP contribution >= 0.6 is 0 Å². The smallest absolute Gasteiger partial charge is 0.304 e. The number of pyridine rings is 1. The number of aromatic nitrogens is 1. The first kappa shape index (κ1) is 17.0. The van der Waals surface area contributed by atoms with Crippen molar-refractivity contribution < 1.29 is 14.3 Å². The van der Waals surface area contributed by atoms with Gasteiger partial charge < -0.3 is 9.47 Å². The lowest BCUT2D eigenvalue weighted by atomic mass is 9.81. The van der Waals surface area contributed by atoms with Crippen molar-refractivity contribution in [3.63, 3.8) is 0 Å². The van der Waals surface area contributed by atoms with E-state index < -0.39 is 5.60 Å². The van der Waals surface area contributed by atoms with Crippen LogP contribution in [-0.4, -0.2) is 23.8 Å². The van der Waals surface area contributed by atoms with Gasteiger partial charge >= 0.3 is 5.97 Å². The number of benzene rings is 2. The number of hydrogen-bond acceptors (Lipinski definition) is 5. The molecule has 5 heteroatoms. The highest BCUT2D eigenvalue weighted by atomic mass is 16.6. The molecule has 0 amide bonds. The number of ether oxygens (including phenoxy) is 2. The van der Waals surface area contributed by atoms with Gasteiger partial charge in [-0.05, 0) is 18.2 Å². The zero-order valence-electron chi connectivity index (χ0n) is 15.0. The van der Waals surface area contributed by atoms with E-state index >= 15 is 0 Å². The highest BCUT2D eigenvalue weighted by molar-refractivity contribution is 6.14. The fraction of sp³-hybridized carbons (Fsp3) is 0.136. The molecule has 1 aliphatic heterocycles. The highest BCUT2D eigenvalue weighted by Crippen LogP contribution is 2.47. The van der Waals surface area contributed by atoms with Crippen LogP contribution in [0.4, 0.5) is 5.69 Å². The van der Waals surface area contributed by atoms with Gasteiger partial charge in [0.05, 0.1) is 19.0 Å². The minimum Gasteiger partial charge on any atom is -0.497 e.